The van der Waals surface area contributed by atoms with Gasteiger partial charge in [-0.1, -0.05) is 23.8 Å². The molecule has 0 saturated carbocycles. The largest absolute Gasteiger partial charge is 0.396 e. The van der Waals surface area contributed by atoms with Gasteiger partial charge in [0.2, 0.25) is 0 Å². The van der Waals surface area contributed by atoms with Crippen molar-refractivity contribution in [2.24, 2.45) is 0 Å². The summed E-state index contributed by atoms with van der Waals surface area (Å²) in [4.78, 5) is 2.33. The van der Waals surface area contributed by atoms with E-state index in [9.17, 15) is 4.39 Å². The summed E-state index contributed by atoms with van der Waals surface area (Å²) in [5.74, 6) is -0.183. The van der Waals surface area contributed by atoms with Crippen molar-refractivity contribution in [3.05, 3.63) is 47.3 Å². The van der Waals surface area contributed by atoms with Gasteiger partial charge in [0.05, 0.1) is 0 Å². The normalized spacial score (nSPS) is 16.9. The zero-order valence-corrected chi connectivity index (χ0v) is 9.90. The third-order valence-electron chi connectivity index (χ3n) is 3.14. The lowest BCUT2D eigenvalue weighted by molar-refractivity contribution is 0.269. The highest BCUT2D eigenvalue weighted by Crippen LogP contribution is 2.16. The predicted octanol–water partition coefficient (Wildman–Crippen LogP) is 2.34. The van der Waals surface area contributed by atoms with Crippen molar-refractivity contribution in [1.29, 1.82) is 0 Å². The van der Waals surface area contributed by atoms with Crippen molar-refractivity contribution in [3.63, 3.8) is 0 Å². The molecule has 1 N–H and O–H groups in total. The van der Waals surface area contributed by atoms with Gasteiger partial charge in [0.15, 0.2) is 0 Å². The number of benzene rings is 1. The highest BCUT2D eigenvalue weighted by Gasteiger charge is 2.11. The van der Waals surface area contributed by atoms with E-state index in [4.69, 9.17) is 5.11 Å². The van der Waals surface area contributed by atoms with Crippen molar-refractivity contribution in [2.45, 2.75) is 19.4 Å². The molecule has 1 aliphatic heterocycles. The number of hydrogen-bond donors (Lipinski definition) is 1. The van der Waals surface area contributed by atoms with E-state index in [1.54, 1.807) is 0 Å². The van der Waals surface area contributed by atoms with Crippen molar-refractivity contribution >= 4 is 0 Å². The van der Waals surface area contributed by atoms with Crippen LogP contribution >= 0.6 is 0 Å². The van der Waals surface area contributed by atoms with Crippen molar-refractivity contribution < 1.29 is 9.50 Å². The standard InChI is InChI=1S/C14H18FNO/c15-14-3-1-13(2-4-14)11-16-8-5-12(6-9-16)7-10-17/h1-5,17H,6-11H2. The molecule has 0 radical (unpaired) electrons. The molecule has 0 fully saturated rings. The molecule has 1 aromatic rings. The van der Waals surface area contributed by atoms with Crippen LogP contribution < -0.4 is 0 Å². The van der Waals surface area contributed by atoms with E-state index in [0.717, 1.165) is 38.0 Å². The Bertz CT molecular complexity index is 386. The number of nitrogens with zero attached hydrogens (tertiary/aromatic N) is 1. The lowest BCUT2D eigenvalue weighted by atomic mass is 10.0. The first kappa shape index (κ1) is 12.3. The maximum atomic E-state index is 12.8. The summed E-state index contributed by atoms with van der Waals surface area (Å²) in [6.45, 7) is 3.04. The van der Waals surface area contributed by atoms with Crippen LogP contribution in [-0.4, -0.2) is 29.7 Å². The third kappa shape index (κ3) is 3.65. The van der Waals surface area contributed by atoms with E-state index in [0.29, 0.717) is 0 Å². The molecule has 17 heavy (non-hydrogen) atoms. The average molecular weight is 235 g/mol. The molecular formula is C14H18FNO. The van der Waals surface area contributed by atoms with Crippen LogP contribution in [0.15, 0.2) is 35.9 Å². The number of halogens is 1. The Morgan fingerprint density at radius 2 is 2.00 bits per heavy atom. The van der Waals surface area contributed by atoms with Gasteiger partial charge in [-0.05, 0) is 30.5 Å². The number of hydrogen-bond acceptors (Lipinski definition) is 2. The van der Waals surface area contributed by atoms with Crippen LogP contribution in [0.2, 0.25) is 0 Å². The SMILES string of the molecule is OCCC1=CCN(Cc2ccc(F)cc2)CC1. The number of aliphatic hydroxyl groups is 1. The van der Waals surface area contributed by atoms with Crippen molar-refractivity contribution in [3.8, 4) is 0 Å². The lowest BCUT2D eigenvalue weighted by Gasteiger charge is -2.26. The molecule has 1 heterocycles. The van der Waals surface area contributed by atoms with Crippen LogP contribution in [0, 0.1) is 5.82 Å². The maximum Gasteiger partial charge on any atom is 0.123 e. The van der Waals surface area contributed by atoms with E-state index in [1.807, 2.05) is 12.1 Å². The maximum absolute atomic E-state index is 12.8. The molecule has 0 amide bonds. The first-order chi connectivity index (χ1) is 8.28. The van der Waals surface area contributed by atoms with Gasteiger partial charge < -0.3 is 5.11 Å². The molecule has 3 heteroatoms. The Kier molecular flexibility index (Phi) is 4.29. The molecule has 0 bridgehead atoms. The fourth-order valence-corrected chi connectivity index (χ4v) is 2.12. The Morgan fingerprint density at radius 1 is 1.24 bits per heavy atom. The quantitative estimate of drug-likeness (QED) is 0.810. The summed E-state index contributed by atoms with van der Waals surface area (Å²) in [5.41, 5.74) is 2.49. The van der Waals surface area contributed by atoms with E-state index in [-0.39, 0.29) is 12.4 Å². The topological polar surface area (TPSA) is 23.5 Å². The summed E-state index contributed by atoms with van der Waals surface area (Å²) >= 11 is 0. The van der Waals surface area contributed by atoms with Gasteiger partial charge in [-0.15, -0.1) is 0 Å². The van der Waals surface area contributed by atoms with Gasteiger partial charge >= 0.3 is 0 Å². The Balaban J connectivity index is 1.87. The first-order valence-corrected chi connectivity index (χ1v) is 6.03. The van der Waals surface area contributed by atoms with Crippen LogP contribution in [0.3, 0.4) is 0 Å². The smallest absolute Gasteiger partial charge is 0.123 e. The summed E-state index contributed by atoms with van der Waals surface area (Å²) < 4.78 is 12.8. The van der Waals surface area contributed by atoms with Crippen LogP contribution in [0.25, 0.3) is 0 Å². The van der Waals surface area contributed by atoms with Gasteiger partial charge in [-0.2, -0.15) is 0 Å². The molecular weight excluding hydrogens is 217 g/mol. The molecule has 0 aromatic heterocycles. The summed E-state index contributed by atoms with van der Waals surface area (Å²) in [6, 6.07) is 6.68. The summed E-state index contributed by atoms with van der Waals surface area (Å²) in [7, 11) is 0. The van der Waals surface area contributed by atoms with E-state index in [2.05, 4.69) is 11.0 Å². The second-order valence-corrected chi connectivity index (χ2v) is 4.45. The molecule has 2 nitrogen and oxygen atoms in total. The molecule has 2 rings (SSSR count). The Labute approximate surface area is 101 Å². The number of aliphatic hydroxyl groups excluding tert-OH is 1. The minimum absolute atomic E-state index is 0.183. The fourth-order valence-electron chi connectivity index (χ4n) is 2.12. The van der Waals surface area contributed by atoms with Crippen molar-refractivity contribution in [2.75, 3.05) is 19.7 Å². The minimum Gasteiger partial charge on any atom is -0.396 e. The van der Waals surface area contributed by atoms with Gasteiger partial charge in [-0.25, -0.2) is 4.39 Å². The summed E-state index contributed by atoms with van der Waals surface area (Å²) in [6.07, 6.45) is 4.02. The first-order valence-electron chi connectivity index (χ1n) is 6.03. The molecule has 1 aliphatic rings. The zero-order valence-electron chi connectivity index (χ0n) is 9.90. The van der Waals surface area contributed by atoms with Gasteiger partial charge in [-0.3, -0.25) is 4.90 Å². The van der Waals surface area contributed by atoms with E-state index < -0.39 is 0 Å². The van der Waals surface area contributed by atoms with E-state index >= 15 is 0 Å². The van der Waals surface area contributed by atoms with Crippen LogP contribution in [0.5, 0.6) is 0 Å². The van der Waals surface area contributed by atoms with E-state index in [1.165, 1.54) is 17.7 Å². The average Bonchev–Trinajstić information content (AvgIpc) is 2.35. The van der Waals surface area contributed by atoms with Crippen LogP contribution in [0.1, 0.15) is 18.4 Å². The molecule has 0 saturated heterocycles. The van der Waals surface area contributed by atoms with Crippen molar-refractivity contribution in [1.82, 2.24) is 4.90 Å². The highest BCUT2D eigenvalue weighted by atomic mass is 19.1. The minimum atomic E-state index is -0.183. The molecule has 0 spiro atoms. The monoisotopic (exact) mass is 235 g/mol. The number of rotatable bonds is 4. The molecule has 0 unspecified atom stereocenters. The zero-order chi connectivity index (χ0) is 12.1. The van der Waals surface area contributed by atoms with Gasteiger partial charge in [0, 0.05) is 26.2 Å². The second-order valence-electron chi connectivity index (χ2n) is 4.45. The molecule has 1 aromatic carbocycles. The fraction of sp³-hybridized carbons (Fsp3) is 0.429. The van der Waals surface area contributed by atoms with Gasteiger partial charge in [0.1, 0.15) is 5.82 Å². The molecule has 92 valence electrons. The van der Waals surface area contributed by atoms with Crippen LogP contribution in [0.4, 0.5) is 4.39 Å². The Hall–Kier alpha value is -1.19. The highest BCUT2D eigenvalue weighted by molar-refractivity contribution is 5.17. The predicted molar refractivity (Wildman–Crippen MR) is 66.1 cm³/mol. The Morgan fingerprint density at radius 3 is 2.59 bits per heavy atom. The molecule has 0 atom stereocenters. The lowest BCUT2D eigenvalue weighted by Crippen LogP contribution is -2.28. The summed E-state index contributed by atoms with van der Waals surface area (Å²) in [5, 5.41) is 8.86. The van der Waals surface area contributed by atoms with Crippen LogP contribution in [-0.2, 0) is 6.54 Å². The second kappa shape index (κ2) is 5.94. The van der Waals surface area contributed by atoms with Gasteiger partial charge in [0.25, 0.3) is 0 Å². The third-order valence-corrected chi connectivity index (χ3v) is 3.14. The molecule has 0 aliphatic carbocycles.